The van der Waals surface area contributed by atoms with Crippen LogP contribution in [0.2, 0.25) is 0 Å². The summed E-state index contributed by atoms with van der Waals surface area (Å²) in [6, 6.07) is 21.2. The van der Waals surface area contributed by atoms with Crippen molar-refractivity contribution < 1.29 is 14.6 Å². The van der Waals surface area contributed by atoms with Gasteiger partial charge in [0.2, 0.25) is 0 Å². The van der Waals surface area contributed by atoms with Gasteiger partial charge in [-0.1, -0.05) is 79.6 Å². The Labute approximate surface area is 262 Å². The lowest BCUT2D eigenvalue weighted by atomic mass is 9.63. The maximum absolute atomic E-state index is 10.1. The third-order valence-corrected chi connectivity index (χ3v) is 8.64. The predicted molar refractivity (Wildman–Crippen MR) is 177 cm³/mol. The third-order valence-electron chi connectivity index (χ3n) is 8.64. The molecule has 0 amide bonds. The van der Waals surface area contributed by atoms with Crippen LogP contribution in [-0.4, -0.2) is 41.9 Å². The zero-order chi connectivity index (χ0) is 32.1. The number of aliphatic carboxylic acids is 1. The lowest BCUT2D eigenvalue weighted by molar-refractivity contribution is -0.131. The second kappa shape index (κ2) is 13.1. The molecule has 0 radical (unpaired) electrons. The Morgan fingerprint density at radius 3 is 2.20 bits per heavy atom. The molecular formula is C36H38N6O3. The number of aromatic amines is 2. The number of para-hydroxylation sites is 2. The number of nitrogens with one attached hydrogen (secondary N) is 2. The molecule has 0 fully saturated rings. The molecule has 3 N–H and O–H groups in total. The highest BCUT2D eigenvalue weighted by Crippen LogP contribution is 2.54. The van der Waals surface area contributed by atoms with Crippen molar-refractivity contribution in [2.75, 3.05) is 0 Å². The Morgan fingerprint density at radius 1 is 0.889 bits per heavy atom. The first kappa shape index (κ1) is 31.1. The van der Waals surface area contributed by atoms with Crippen molar-refractivity contribution in [3.05, 3.63) is 118 Å². The number of carboxylic acids is 1. The summed E-state index contributed by atoms with van der Waals surface area (Å²) >= 11 is 0. The number of hydrogen-bond acceptors (Lipinski definition) is 6. The molecular weight excluding hydrogens is 564 g/mol. The van der Waals surface area contributed by atoms with Crippen molar-refractivity contribution in [3.63, 3.8) is 0 Å². The van der Waals surface area contributed by atoms with E-state index >= 15 is 0 Å². The van der Waals surface area contributed by atoms with E-state index in [1.807, 2.05) is 60.7 Å². The lowest BCUT2D eigenvalue weighted by Crippen LogP contribution is -2.46. The van der Waals surface area contributed by atoms with Crippen LogP contribution in [0.25, 0.3) is 28.1 Å². The largest absolute Gasteiger partial charge is 0.478 e. The maximum Gasteiger partial charge on any atom is 0.328 e. The van der Waals surface area contributed by atoms with Crippen LogP contribution in [0.15, 0.2) is 107 Å². The van der Waals surface area contributed by atoms with Crippen LogP contribution < -0.4 is 4.74 Å². The normalized spacial score (nSPS) is 18.4. The summed E-state index contributed by atoms with van der Waals surface area (Å²) in [5, 5.41) is 31.4. The summed E-state index contributed by atoms with van der Waals surface area (Å²) in [4.78, 5) is 10.1. The van der Waals surface area contributed by atoms with Gasteiger partial charge in [0.1, 0.15) is 16.6 Å². The summed E-state index contributed by atoms with van der Waals surface area (Å²) < 4.78 is 7.20. The van der Waals surface area contributed by atoms with E-state index in [2.05, 4.69) is 78.1 Å². The van der Waals surface area contributed by atoms with Crippen LogP contribution in [0.4, 0.5) is 0 Å². The number of hydrogen-bond donors (Lipinski definition) is 3. The fourth-order valence-corrected chi connectivity index (χ4v) is 6.20. The van der Waals surface area contributed by atoms with Crippen molar-refractivity contribution in [3.8, 4) is 5.75 Å². The quantitative estimate of drug-likeness (QED) is 0.121. The van der Waals surface area contributed by atoms with E-state index in [1.54, 1.807) is 6.08 Å². The number of carbonyl (C=O) groups is 1. The molecule has 45 heavy (non-hydrogen) atoms. The fraction of sp³-hybridized carbons (Fsp3) is 0.250. The van der Waals surface area contributed by atoms with Gasteiger partial charge in [0, 0.05) is 17.6 Å². The lowest BCUT2D eigenvalue weighted by Gasteiger charge is -2.47. The van der Waals surface area contributed by atoms with Gasteiger partial charge < -0.3 is 9.84 Å². The molecule has 2 heterocycles. The van der Waals surface area contributed by atoms with Crippen molar-refractivity contribution in [1.29, 1.82) is 0 Å². The van der Waals surface area contributed by atoms with Crippen molar-refractivity contribution in [2.24, 2.45) is 5.92 Å². The van der Waals surface area contributed by atoms with Crippen LogP contribution in [0.1, 0.15) is 58.6 Å². The molecule has 0 aliphatic heterocycles. The van der Waals surface area contributed by atoms with Crippen molar-refractivity contribution in [1.82, 2.24) is 30.8 Å². The first-order valence-electron chi connectivity index (χ1n) is 15.0. The van der Waals surface area contributed by atoms with Crippen LogP contribution in [0.3, 0.4) is 0 Å². The molecule has 230 valence electrons. The summed E-state index contributed by atoms with van der Waals surface area (Å²) in [6.45, 7) is 15.5. The van der Waals surface area contributed by atoms with E-state index in [9.17, 15) is 4.79 Å². The summed E-state index contributed by atoms with van der Waals surface area (Å²) in [6.07, 6.45) is 4.58. The first-order chi connectivity index (χ1) is 21.7. The molecule has 1 aliphatic carbocycles. The minimum absolute atomic E-state index is 0.0828. The number of allylic oxidation sites excluding steroid dienone is 2. The Hall–Kier alpha value is -5.31. The van der Waals surface area contributed by atoms with Gasteiger partial charge in [0.05, 0.1) is 0 Å². The summed E-state index contributed by atoms with van der Waals surface area (Å²) in [7, 11) is 0. The number of rotatable bonds is 8. The molecule has 5 aromatic rings. The Balaban J connectivity index is 0.000000309. The van der Waals surface area contributed by atoms with Gasteiger partial charge in [-0.05, 0) is 80.7 Å². The highest BCUT2D eigenvalue weighted by molar-refractivity contribution is 5.85. The Kier molecular flexibility index (Phi) is 9.08. The van der Waals surface area contributed by atoms with E-state index in [1.165, 1.54) is 16.7 Å². The predicted octanol–water partition coefficient (Wildman–Crippen LogP) is 7.95. The van der Waals surface area contributed by atoms with Crippen LogP contribution in [0.5, 0.6) is 5.75 Å². The van der Waals surface area contributed by atoms with Gasteiger partial charge in [-0.25, -0.2) is 4.79 Å². The number of fused-ring (bicyclic) bond motifs is 2. The number of benzene rings is 3. The zero-order valence-corrected chi connectivity index (χ0v) is 26.3. The molecule has 0 spiro atoms. The molecule has 9 nitrogen and oxygen atoms in total. The van der Waals surface area contributed by atoms with Gasteiger partial charge in [-0.15, -0.1) is 0 Å². The Bertz CT molecular complexity index is 1950. The first-order valence-corrected chi connectivity index (χ1v) is 15.0. The van der Waals surface area contributed by atoms with E-state index < -0.39 is 11.6 Å². The van der Waals surface area contributed by atoms with Gasteiger partial charge in [-0.3, -0.25) is 0 Å². The molecule has 0 bridgehead atoms. The maximum atomic E-state index is 10.1. The molecule has 1 aliphatic rings. The van der Waals surface area contributed by atoms with E-state index in [0.29, 0.717) is 11.3 Å². The Morgan fingerprint density at radius 2 is 1.53 bits per heavy atom. The molecule has 3 aromatic carbocycles. The number of aromatic nitrogens is 6. The average Bonchev–Trinajstić information content (AvgIpc) is 3.73. The third kappa shape index (κ3) is 5.93. The van der Waals surface area contributed by atoms with Crippen LogP contribution in [-0.2, 0) is 10.4 Å². The van der Waals surface area contributed by atoms with E-state index in [-0.39, 0.29) is 5.92 Å². The van der Waals surface area contributed by atoms with E-state index in [4.69, 9.17) is 9.84 Å². The highest BCUT2D eigenvalue weighted by atomic mass is 16.5. The SMILES string of the molecule is C=C(CCC)C1C(C)=C(C)C(C)=C(C)C1(Oc1cccc2n[nH]nc12)c1cccc2n[nH]nc12.O=C(O)C=Cc1ccccc1. The van der Waals surface area contributed by atoms with Gasteiger partial charge >= 0.3 is 5.97 Å². The molecule has 2 unspecified atom stereocenters. The second-order valence-corrected chi connectivity index (χ2v) is 11.3. The highest BCUT2D eigenvalue weighted by Gasteiger charge is 2.51. The summed E-state index contributed by atoms with van der Waals surface area (Å²) in [5.41, 5.74) is 10.1. The topological polar surface area (TPSA) is 130 Å². The van der Waals surface area contributed by atoms with Gasteiger partial charge in [-0.2, -0.15) is 30.8 Å². The number of carboxylic acid groups (broad SMARTS) is 1. The monoisotopic (exact) mass is 602 g/mol. The average molecular weight is 603 g/mol. The molecule has 0 saturated carbocycles. The smallest absolute Gasteiger partial charge is 0.328 e. The molecule has 9 heteroatoms. The molecule has 0 saturated heterocycles. The fourth-order valence-electron chi connectivity index (χ4n) is 6.20. The van der Waals surface area contributed by atoms with Gasteiger partial charge in [0.15, 0.2) is 16.9 Å². The van der Waals surface area contributed by atoms with Crippen LogP contribution >= 0.6 is 0 Å². The number of nitrogens with zero attached hydrogens (tertiary/aromatic N) is 4. The van der Waals surface area contributed by atoms with E-state index in [0.717, 1.165) is 57.7 Å². The van der Waals surface area contributed by atoms with Gasteiger partial charge in [0.25, 0.3) is 0 Å². The van der Waals surface area contributed by atoms with Crippen LogP contribution in [0, 0.1) is 5.92 Å². The molecule has 6 rings (SSSR count). The number of ether oxygens (including phenoxy) is 1. The zero-order valence-electron chi connectivity index (χ0n) is 26.3. The second-order valence-electron chi connectivity index (χ2n) is 11.3. The van der Waals surface area contributed by atoms with Crippen molar-refractivity contribution in [2.45, 2.75) is 53.1 Å². The number of H-pyrrole nitrogens is 2. The molecule has 2 aromatic heterocycles. The summed E-state index contributed by atoms with van der Waals surface area (Å²) in [5.74, 6) is -0.338. The molecule has 2 atom stereocenters. The minimum atomic E-state index is -0.922. The standard InChI is InChI=1S/C27H30N6O.C9H8O2/c1-7-10-15(2)24-18(5)16(3)17(4)19(6)27(24,20-11-8-12-21-25(20)30-32-28-21)34-23-14-9-13-22-26(23)31-33-29-22;10-9(11)7-6-8-4-2-1-3-5-8/h8-9,11-14,24H,2,7,10H2,1,3-6H3,(H,28,30,32)(H,29,31,33);1-7H,(H,10,11). The van der Waals surface area contributed by atoms with Crippen molar-refractivity contribution >= 4 is 34.1 Å². The minimum Gasteiger partial charge on any atom is -0.478 e.